The highest BCUT2D eigenvalue weighted by atomic mass is 32.2. The van der Waals surface area contributed by atoms with Crippen LogP contribution in [-0.4, -0.2) is 46.1 Å². The molecule has 1 N–H and O–H groups in total. The van der Waals surface area contributed by atoms with Gasteiger partial charge >= 0.3 is 0 Å². The number of hydrogen-bond acceptors (Lipinski definition) is 5. The average Bonchev–Trinajstić information content (AvgIpc) is 2.88. The van der Waals surface area contributed by atoms with Gasteiger partial charge < -0.3 is 10.1 Å². The van der Waals surface area contributed by atoms with E-state index in [1.165, 1.54) is 11.3 Å². The maximum absolute atomic E-state index is 12.6. The van der Waals surface area contributed by atoms with Crippen LogP contribution in [0.25, 0.3) is 0 Å². The molecule has 7 heteroatoms. The van der Waals surface area contributed by atoms with E-state index in [1.54, 1.807) is 17.5 Å². The van der Waals surface area contributed by atoms with Gasteiger partial charge in [0.05, 0.1) is 11.0 Å². The zero-order chi connectivity index (χ0) is 13.9. The molecule has 0 spiro atoms. The molecule has 5 nitrogen and oxygen atoms in total. The van der Waals surface area contributed by atoms with Gasteiger partial charge in [-0.05, 0) is 31.3 Å². The maximum atomic E-state index is 12.6. The lowest BCUT2D eigenvalue weighted by Crippen LogP contribution is -2.40. The number of nitrogens with zero attached hydrogens (tertiary/aromatic N) is 1. The molecule has 1 aromatic rings. The topological polar surface area (TPSA) is 58.6 Å². The molecule has 0 radical (unpaired) electrons. The predicted molar refractivity (Wildman–Crippen MR) is 75.9 cm³/mol. The van der Waals surface area contributed by atoms with Crippen molar-refractivity contribution in [3.8, 4) is 0 Å². The summed E-state index contributed by atoms with van der Waals surface area (Å²) < 4.78 is 32.1. The molecule has 2 heterocycles. The Morgan fingerprint density at radius 3 is 2.74 bits per heavy atom. The van der Waals surface area contributed by atoms with Crippen molar-refractivity contribution < 1.29 is 13.2 Å². The molecule has 0 saturated carbocycles. The Bertz CT molecular complexity index is 505. The Morgan fingerprint density at radius 2 is 2.16 bits per heavy atom. The first-order chi connectivity index (χ1) is 9.09. The lowest BCUT2D eigenvalue weighted by atomic mass is 10.1. The average molecular weight is 304 g/mol. The van der Waals surface area contributed by atoms with Crippen LogP contribution in [0.5, 0.6) is 0 Å². The summed E-state index contributed by atoms with van der Waals surface area (Å²) in [4.78, 5) is 1.32. The SMILES string of the molecule is CNCc1sccc1S(=O)(=O)N1CCC(OC)CC1. The number of nitrogens with one attached hydrogen (secondary N) is 1. The summed E-state index contributed by atoms with van der Waals surface area (Å²) in [5, 5.41) is 4.84. The third-order valence-electron chi connectivity index (χ3n) is 3.39. The Kier molecular flexibility index (Phi) is 4.97. The molecule has 0 unspecified atom stereocenters. The Morgan fingerprint density at radius 1 is 1.47 bits per heavy atom. The smallest absolute Gasteiger partial charge is 0.244 e. The van der Waals surface area contributed by atoms with Crippen molar-refractivity contribution in [1.29, 1.82) is 0 Å². The van der Waals surface area contributed by atoms with Crippen LogP contribution >= 0.6 is 11.3 Å². The normalized spacial score (nSPS) is 18.8. The van der Waals surface area contributed by atoms with Crippen molar-refractivity contribution in [2.45, 2.75) is 30.4 Å². The highest BCUT2D eigenvalue weighted by Gasteiger charge is 2.31. The number of methoxy groups -OCH3 is 1. The molecule has 0 aromatic carbocycles. The van der Waals surface area contributed by atoms with Crippen LogP contribution in [0.2, 0.25) is 0 Å². The zero-order valence-electron chi connectivity index (χ0n) is 11.3. The minimum Gasteiger partial charge on any atom is -0.381 e. The highest BCUT2D eigenvalue weighted by molar-refractivity contribution is 7.89. The standard InChI is InChI=1S/C12H20N2O3S2/c1-13-9-11-12(5-8-18-11)19(15,16)14-6-3-10(17-2)4-7-14/h5,8,10,13H,3-4,6-7,9H2,1-2H3. The van der Waals surface area contributed by atoms with E-state index in [2.05, 4.69) is 5.32 Å². The molecule has 0 bridgehead atoms. The summed E-state index contributed by atoms with van der Waals surface area (Å²) in [7, 11) is 0.144. The van der Waals surface area contributed by atoms with E-state index in [0.717, 1.165) is 17.7 Å². The van der Waals surface area contributed by atoms with Gasteiger partial charge in [0.1, 0.15) is 0 Å². The molecule has 2 rings (SSSR count). The van der Waals surface area contributed by atoms with Crippen molar-refractivity contribution in [3.05, 3.63) is 16.3 Å². The van der Waals surface area contributed by atoms with Gasteiger partial charge in [-0.15, -0.1) is 11.3 Å². The van der Waals surface area contributed by atoms with Gasteiger partial charge in [-0.25, -0.2) is 8.42 Å². The lowest BCUT2D eigenvalue weighted by Gasteiger charge is -2.30. The van der Waals surface area contributed by atoms with Gasteiger partial charge in [0.2, 0.25) is 10.0 Å². The Balaban J connectivity index is 2.16. The van der Waals surface area contributed by atoms with E-state index >= 15 is 0 Å². The van der Waals surface area contributed by atoms with Crippen LogP contribution in [0, 0.1) is 0 Å². The first kappa shape index (κ1) is 14.9. The fourth-order valence-corrected chi connectivity index (χ4v) is 5.19. The molecule has 1 aliphatic rings. The van der Waals surface area contributed by atoms with Crippen molar-refractivity contribution in [1.82, 2.24) is 9.62 Å². The van der Waals surface area contributed by atoms with Gasteiger partial charge in [-0.2, -0.15) is 4.31 Å². The van der Waals surface area contributed by atoms with E-state index in [4.69, 9.17) is 4.74 Å². The molecule has 0 aliphatic carbocycles. The number of thiophene rings is 1. The first-order valence-corrected chi connectivity index (χ1v) is 8.65. The predicted octanol–water partition coefficient (Wildman–Crippen LogP) is 1.27. The second-order valence-corrected chi connectivity index (χ2v) is 7.48. The molecule has 1 aromatic heterocycles. The molecule has 1 fully saturated rings. The van der Waals surface area contributed by atoms with Crippen molar-refractivity contribution in [2.75, 3.05) is 27.2 Å². The lowest BCUT2D eigenvalue weighted by molar-refractivity contribution is 0.0604. The van der Waals surface area contributed by atoms with E-state index in [9.17, 15) is 8.42 Å². The van der Waals surface area contributed by atoms with Crippen LogP contribution < -0.4 is 5.32 Å². The van der Waals surface area contributed by atoms with Crippen LogP contribution in [-0.2, 0) is 21.3 Å². The van der Waals surface area contributed by atoms with E-state index in [0.29, 0.717) is 24.5 Å². The molecule has 1 aliphatic heterocycles. The molecular weight excluding hydrogens is 284 g/mol. The largest absolute Gasteiger partial charge is 0.381 e. The van der Waals surface area contributed by atoms with E-state index < -0.39 is 10.0 Å². The minimum absolute atomic E-state index is 0.186. The summed E-state index contributed by atoms with van der Waals surface area (Å²) in [6.07, 6.45) is 1.72. The van der Waals surface area contributed by atoms with Crippen LogP contribution in [0.15, 0.2) is 16.3 Å². The zero-order valence-corrected chi connectivity index (χ0v) is 12.9. The number of hydrogen-bond donors (Lipinski definition) is 1. The number of ether oxygens (including phenoxy) is 1. The number of piperidine rings is 1. The highest BCUT2D eigenvalue weighted by Crippen LogP contribution is 2.27. The summed E-state index contributed by atoms with van der Waals surface area (Å²) in [5.74, 6) is 0. The van der Waals surface area contributed by atoms with Crippen LogP contribution in [0.4, 0.5) is 0 Å². The second kappa shape index (κ2) is 6.32. The van der Waals surface area contributed by atoms with E-state index in [1.807, 2.05) is 12.4 Å². The summed E-state index contributed by atoms with van der Waals surface area (Å²) in [6.45, 7) is 1.66. The molecule has 0 atom stereocenters. The number of sulfonamides is 1. The molecule has 0 amide bonds. The Labute approximate surface area is 118 Å². The molecule has 19 heavy (non-hydrogen) atoms. The molecule has 1 saturated heterocycles. The minimum atomic E-state index is -3.36. The first-order valence-electron chi connectivity index (χ1n) is 6.33. The fourth-order valence-electron chi connectivity index (χ4n) is 2.30. The second-order valence-electron chi connectivity index (χ2n) is 4.58. The maximum Gasteiger partial charge on any atom is 0.244 e. The van der Waals surface area contributed by atoms with Crippen molar-refractivity contribution in [3.63, 3.8) is 0 Å². The van der Waals surface area contributed by atoms with Gasteiger partial charge in [-0.1, -0.05) is 0 Å². The molecule has 108 valence electrons. The Hall–Kier alpha value is -0.470. The third-order valence-corrected chi connectivity index (χ3v) is 6.43. The third kappa shape index (κ3) is 3.17. The van der Waals surface area contributed by atoms with Gasteiger partial charge in [0.25, 0.3) is 0 Å². The number of rotatable bonds is 5. The van der Waals surface area contributed by atoms with Gasteiger partial charge in [0, 0.05) is 31.6 Å². The van der Waals surface area contributed by atoms with Crippen LogP contribution in [0.3, 0.4) is 0 Å². The van der Waals surface area contributed by atoms with Crippen molar-refractivity contribution in [2.24, 2.45) is 0 Å². The van der Waals surface area contributed by atoms with Gasteiger partial charge in [-0.3, -0.25) is 0 Å². The molecular formula is C12H20N2O3S2. The van der Waals surface area contributed by atoms with Gasteiger partial charge in [0.15, 0.2) is 0 Å². The fraction of sp³-hybridized carbons (Fsp3) is 0.667. The monoisotopic (exact) mass is 304 g/mol. The van der Waals surface area contributed by atoms with Crippen LogP contribution in [0.1, 0.15) is 17.7 Å². The van der Waals surface area contributed by atoms with E-state index in [-0.39, 0.29) is 6.10 Å². The summed E-state index contributed by atoms with van der Waals surface area (Å²) in [6, 6.07) is 1.70. The quantitative estimate of drug-likeness (QED) is 0.890. The van der Waals surface area contributed by atoms with Crippen molar-refractivity contribution >= 4 is 21.4 Å². The summed E-state index contributed by atoms with van der Waals surface area (Å²) >= 11 is 1.48. The summed E-state index contributed by atoms with van der Waals surface area (Å²) in [5.41, 5.74) is 0.